The maximum absolute atomic E-state index is 2.42. The third-order valence-electron chi connectivity index (χ3n) is 1.20. The summed E-state index contributed by atoms with van der Waals surface area (Å²) < 4.78 is 3.05. The van der Waals surface area contributed by atoms with Crippen molar-refractivity contribution in [2.45, 2.75) is 0 Å². The second-order valence-electron chi connectivity index (χ2n) is 1.87. The molecular weight excluding hydrogens is 201 g/mol. The van der Waals surface area contributed by atoms with Crippen LogP contribution in [0.2, 0.25) is 0 Å². The van der Waals surface area contributed by atoms with Gasteiger partial charge in [0.1, 0.15) is 0 Å². The summed E-state index contributed by atoms with van der Waals surface area (Å²) in [5.74, 6) is 0. The third-order valence-corrected chi connectivity index (χ3v) is 3.69. The Kier molecular flexibility index (Phi) is 2.38. The van der Waals surface area contributed by atoms with Crippen LogP contribution >= 0.6 is 0 Å². The Balaban J connectivity index is 2.12. The average Bonchev–Trinajstić information content (AvgIpc) is 1.69. The second-order valence-corrected chi connectivity index (χ2v) is 5.11. The number of nitrogens with zero attached hydrogens (tertiary/aromatic N) is 1. The third kappa shape index (κ3) is 1.95. The fourth-order valence-electron chi connectivity index (χ4n) is 0.614. The topological polar surface area (TPSA) is 3.24 Å². The van der Waals surface area contributed by atoms with Gasteiger partial charge in [0.15, 0.2) is 0 Å². The van der Waals surface area contributed by atoms with Gasteiger partial charge in [-0.3, -0.25) is 0 Å². The van der Waals surface area contributed by atoms with Crippen molar-refractivity contribution in [2.24, 2.45) is 0 Å². The zero-order valence-corrected chi connectivity index (χ0v) is 6.81. The van der Waals surface area contributed by atoms with Crippen molar-refractivity contribution < 1.29 is 21.2 Å². The number of alkyl halides is 2. The molecule has 0 unspecified atom stereocenters. The first-order chi connectivity index (χ1) is 3.39. The van der Waals surface area contributed by atoms with Crippen LogP contribution in [-0.2, 0) is 0 Å². The molecule has 1 nitrogen and oxygen atoms in total. The van der Waals surface area contributed by atoms with E-state index < -0.39 is 0 Å². The molecule has 0 aromatic heterocycles. The van der Waals surface area contributed by atoms with E-state index in [2.05, 4.69) is 11.9 Å². The normalized spacial score (nSPS) is 26.4. The van der Waals surface area contributed by atoms with Crippen LogP contribution in [-0.4, -0.2) is 33.9 Å². The number of hydrogen-bond acceptors (Lipinski definition) is 1. The SMILES string of the molecule is CN1CC[I-]CC1. The van der Waals surface area contributed by atoms with E-state index in [0.29, 0.717) is 21.2 Å². The Bertz CT molecular complexity index is 50.0. The van der Waals surface area contributed by atoms with Crippen LogP contribution in [0.25, 0.3) is 0 Å². The minimum absolute atomic E-state index is 0.646. The molecule has 0 spiro atoms. The fourth-order valence-corrected chi connectivity index (χ4v) is 3.48. The molecule has 0 aromatic rings. The summed E-state index contributed by atoms with van der Waals surface area (Å²) in [5, 5.41) is 0. The van der Waals surface area contributed by atoms with Crippen molar-refractivity contribution in [1.82, 2.24) is 4.90 Å². The Labute approximate surface area is 55.3 Å². The first-order valence-corrected chi connectivity index (χ1v) is 5.67. The summed E-state index contributed by atoms with van der Waals surface area (Å²) >= 11 is 0.646. The van der Waals surface area contributed by atoms with Gasteiger partial charge in [0, 0.05) is 0 Å². The second kappa shape index (κ2) is 2.87. The summed E-state index contributed by atoms with van der Waals surface area (Å²) in [7, 11) is 2.21. The number of rotatable bonds is 0. The predicted molar refractivity (Wildman–Crippen MR) is 27.2 cm³/mol. The predicted octanol–water partition coefficient (Wildman–Crippen LogP) is -2.98. The molecule has 0 radical (unpaired) electrons. The number of halogens is 1. The molecule has 1 aliphatic heterocycles. The monoisotopic (exact) mass is 212 g/mol. The van der Waals surface area contributed by atoms with Crippen LogP contribution in [0.4, 0.5) is 0 Å². The molecule has 0 aliphatic carbocycles. The van der Waals surface area contributed by atoms with Crippen LogP contribution in [0.3, 0.4) is 0 Å². The Morgan fingerprint density at radius 3 is 2.14 bits per heavy atom. The quantitative estimate of drug-likeness (QED) is 0.306. The molecule has 0 bridgehead atoms. The molecule has 7 heavy (non-hydrogen) atoms. The molecule has 0 saturated carbocycles. The fraction of sp³-hybridized carbons (Fsp3) is 1.00. The van der Waals surface area contributed by atoms with Gasteiger partial charge in [0.05, 0.1) is 0 Å². The van der Waals surface area contributed by atoms with Gasteiger partial charge in [-0.25, -0.2) is 0 Å². The van der Waals surface area contributed by atoms with Gasteiger partial charge in [0.2, 0.25) is 0 Å². The van der Waals surface area contributed by atoms with Crippen molar-refractivity contribution in [3.05, 3.63) is 0 Å². The van der Waals surface area contributed by atoms with Gasteiger partial charge in [-0.2, -0.15) is 0 Å². The molecule has 1 saturated heterocycles. The molecule has 1 rings (SSSR count). The first-order valence-electron chi connectivity index (χ1n) is 2.61. The van der Waals surface area contributed by atoms with Crippen LogP contribution in [0.15, 0.2) is 0 Å². The van der Waals surface area contributed by atoms with E-state index in [1.165, 1.54) is 21.9 Å². The van der Waals surface area contributed by atoms with Gasteiger partial charge >= 0.3 is 55.1 Å². The van der Waals surface area contributed by atoms with Crippen molar-refractivity contribution in [3.8, 4) is 0 Å². The number of hydrogen-bond donors (Lipinski definition) is 0. The van der Waals surface area contributed by atoms with Crippen LogP contribution in [0.1, 0.15) is 0 Å². The van der Waals surface area contributed by atoms with Crippen LogP contribution in [0, 0.1) is 0 Å². The molecule has 1 aliphatic rings. The van der Waals surface area contributed by atoms with Crippen molar-refractivity contribution in [2.75, 3.05) is 29.0 Å². The molecule has 44 valence electrons. The zero-order valence-electron chi connectivity index (χ0n) is 4.65. The van der Waals surface area contributed by atoms with Crippen LogP contribution < -0.4 is 21.2 Å². The van der Waals surface area contributed by atoms with E-state index in [-0.39, 0.29) is 0 Å². The molecule has 1 fully saturated rings. The first kappa shape index (κ1) is 5.82. The zero-order chi connectivity index (χ0) is 5.11. The Hall–Kier alpha value is 0.690. The molecule has 0 amide bonds. The summed E-state index contributed by atoms with van der Waals surface area (Å²) in [6.45, 7) is 2.74. The maximum atomic E-state index is 2.42. The minimum atomic E-state index is 0.646. The standard InChI is InChI=1S/C5H11IN/c1-7-4-2-6-3-5-7/h2-5H2,1H3/q-1. The Morgan fingerprint density at radius 2 is 1.86 bits per heavy atom. The van der Waals surface area contributed by atoms with E-state index >= 15 is 0 Å². The van der Waals surface area contributed by atoms with Crippen LogP contribution in [0.5, 0.6) is 0 Å². The van der Waals surface area contributed by atoms with E-state index in [4.69, 9.17) is 0 Å². The van der Waals surface area contributed by atoms with Crippen molar-refractivity contribution in [1.29, 1.82) is 0 Å². The van der Waals surface area contributed by atoms with Gasteiger partial charge in [-0.1, -0.05) is 0 Å². The summed E-state index contributed by atoms with van der Waals surface area (Å²) in [6.07, 6.45) is 0. The average molecular weight is 212 g/mol. The molecule has 0 aromatic carbocycles. The van der Waals surface area contributed by atoms with E-state index in [0.717, 1.165) is 0 Å². The van der Waals surface area contributed by atoms with Gasteiger partial charge in [0.25, 0.3) is 0 Å². The molecule has 0 atom stereocenters. The molecule has 2 heteroatoms. The van der Waals surface area contributed by atoms with Gasteiger partial charge < -0.3 is 0 Å². The molecule has 0 N–H and O–H groups in total. The van der Waals surface area contributed by atoms with Crippen molar-refractivity contribution >= 4 is 0 Å². The van der Waals surface area contributed by atoms with Crippen molar-refractivity contribution in [3.63, 3.8) is 0 Å². The van der Waals surface area contributed by atoms with Gasteiger partial charge in [-0.15, -0.1) is 0 Å². The Morgan fingerprint density at radius 1 is 1.29 bits per heavy atom. The molecule has 1 heterocycles. The summed E-state index contributed by atoms with van der Waals surface area (Å²) in [6, 6.07) is 0. The van der Waals surface area contributed by atoms with E-state index in [1.807, 2.05) is 0 Å². The summed E-state index contributed by atoms with van der Waals surface area (Å²) in [4.78, 5) is 2.42. The summed E-state index contributed by atoms with van der Waals surface area (Å²) in [5.41, 5.74) is 0. The van der Waals surface area contributed by atoms with E-state index in [1.54, 1.807) is 0 Å². The molecular formula is C5H11IN-. The van der Waals surface area contributed by atoms with Gasteiger partial charge in [-0.05, 0) is 0 Å². The van der Waals surface area contributed by atoms with E-state index in [9.17, 15) is 0 Å².